The fraction of sp³-hybridized carbons (Fsp3) is 0.185. The standard InChI is InChI=1S/C27H25N3O4/c31-25-21-10-5-4-9-19(21)12-13-22(25)26(32)29-20-15-24(23-11-6-14-28-23)30(16-20)27(33)34-17-18-7-2-1-3-8-18/h1-14,20,24,28,31H,15-17H2,(H,29,32)/t20-,24-/m0/s1. The van der Waals surface area contributed by atoms with Crippen molar-refractivity contribution in [1.29, 1.82) is 0 Å². The van der Waals surface area contributed by atoms with Crippen LogP contribution >= 0.6 is 0 Å². The third kappa shape index (κ3) is 4.32. The van der Waals surface area contributed by atoms with E-state index in [4.69, 9.17) is 4.74 Å². The Labute approximate surface area is 197 Å². The average molecular weight is 456 g/mol. The molecule has 34 heavy (non-hydrogen) atoms. The lowest BCUT2D eigenvalue weighted by Crippen LogP contribution is -2.38. The number of carbonyl (C=O) groups is 2. The minimum Gasteiger partial charge on any atom is -0.506 e. The number of ether oxygens (including phenoxy) is 1. The molecule has 0 unspecified atom stereocenters. The minimum atomic E-state index is -0.436. The van der Waals surface area contributed by atoms with E-state index >= 15 is 0 Å². The molecule has 3 aromatic carbocycles. The van der Waals surface area contributed by atoms with Gasteiger partial charge in [0.1, 0.15) is 12.4 Å². The van der Waals surface area contributed by atoms with E-state index in [0.29, 0.717) is 18.4 Å². The molecule has 3 N–H and O–H groups in total. The molecule has 2 amide bonds. The van der Waals surface area contributed by atoms with E-state index in [1.807, 2.05) is 72.9 Å². The first-order valence-corrected chi connectivity index (χ1v) is 11.2. The predicted molar refractivity (Wildman–Crippen MR) is 128 cm³/mol. The zero-order valence-electron chi connectivity index (χ0n) is 18.5. The zero-order valence-corrected chi connectivity index (χ0v) is 18.5. The fourth-order valence-corrected chi connectivity index (χ4v) is 4.49. The number of benzene rings is 3. The Morgan fingerprint density at radius 1 is 1.00 bits per heavy atom. The van der Waals surface area contributed by atoms with Crippen molar-refractivity contribution in [3.63, 3.8) is 0 Å². The zero-order chi connectivity index (χ0) is 23.5. The Bertz CT molecular complexity index is 1300. The van der Waals surface area contributed by atoms with E-state index < -0.39 is 6.09 Å². The number of amides is 2. The van der Waals surface area contributed by atoms with Crippen LogP contribution in [-0.4, -0.2) is 39.6 Å². The highest BCUT2D eigenvalue weighted by Crippen LogP contribution is 2.33. The molecule has 172 valence electrons. The quantitative estimate of drug-likeness (QED) is 0.405. The summed E-state index contributed by atoms with van der Waals surface area (Å²) < 4.78 is 5.57. The third-order valence-corrected chi connectivity index (χ3v) is 6.20. The Morgan fingerprint density at radius 3 is 2.59 bits per heavy atom. The van der Waals surface area contributed by atoms with Crippen molar-refractivity contribution in [3.8, 4) is 5.75 Å². The highest BCUT2D eigenvalue weighted by Gasteiger charge is 2.38. The molecule has 7 nitrogen and oxygen atoms in total. The summed E-state index contributed by atoms with van der Waals surface area (Å²) >= 11 is 0. The lowest BCUT2D eigenvalue weighted by molar-refractivity contribution is 0.0884. The lowest BCUT2D eigenvalue weighted by atomic mass is 10.0. The van der Waals surface area contributed by atoms with Gasteiger partial charge >= 0.3 is 6.09 Å². The number of carbonyl (C=O) groups excluding carboxylic acids is 2. The molecule has 1 fully saturated rings. The largest absolute Gasteiger partial charge is 0.506 e. The smallest absolute Gasteiger partial charge is 0.410 e. The van der Waals surface area contributed by atoms with Gasteiger partial charge in [-0.25, -0.2) is 4.79 Å². The Balaban J connectivity index is 1.31. The van der Waals surface area contributed by atoms with Crippen LogP contribution in [0.1, 0.15) is 34.1 Å². The van der Waals surface area contributed by atoms with Crippen LogP contribution in [0.5, 0.6) is 5.75 Å². The Hall–Kier alpha value is -4.26. The van der Waals surface area contributed by atoms with Gasteiger partial charge in [-0.1, -0.05) is 60.7 Å². The molecule has 0 aliphatic carbocycles. The van der Waals surface area contributed by atoms with E-state index in [1.54, 1.807) is 17.0 Å². The predicted octanol–water partition coefficient (Wildman–Crippen LogP) is 4.76. The van der Waals surface area contributed by atoms with Gasteiger partial charge in [-0.3, -0.25) is 9.69 Å². The summed E-state index contributed by atoms with van der Waals surface area (Å²) in [7, 11) is 0. The number of fused-ring (bicyclic) bond motifs is 1. The monoisotopic (exact) mass is 455 g/mol. The van der Waals surface area contributed by atoms with Crippen LogP contribution in [0.15, 0.2) is 85.1 Å². The van der Waals surface area contributed by atoms with Crippen molar-refractivity contribution in [2.75, 3.05) is 6.54 Å². The number of phenols is 1. The van der Waals surface area contributed by atoms with Gasteiger partial charge in [-0.15, -0.1) is 0 Å². The molecule has 1 aliphatic rings. The fourth-order valence-electron chi connectivity index (χ4n) is 4.49. The average Bonchev–Trinajstić information content (AvgIpc) is 3.54. The molecule has 2 heterocycles. The number of nitrogens with zero attached hydrogens (tertiary/aromatic N) is 1. The van der Waals surface area contributed by atoms with Gasteiger partial charge in [0, 0.05) is 29.9 Å². The summed E-state index contributed by atoms with van der Waals surface area (Å²) in [4.78, 5) is 30.8. The maximum absolute atomic E-state index is 13.0. The number of aromatic nitrogens is 1. The molecule has 1 aromatic heterocycles. The molecule has 1 aliphatic heterocycles. The maximum Gasteiger partial charge on any atom is 0.410 e. The number of rotatable bonds is 5. The van der Waals surface area contributed by atoms with Gasteiger partial charge in [0.05, 0.1) is 11.6 Å². The van der Waals surface area contributed by atoms with Crippen LogP contribution < -0.4 is 5.32 Å². The van der Waals surface area contributed by atoms with Gasteiger partial charge in [0.15, 0.2) is 0 Å². The normalized spacial score (nSPS) is 17.6. The van der Waals surface area contributed by atoms with Crippen molar-refractivity contribution >= 4 is 22.8 Å². The van der Waals surface area contributed by atoms with Gasteiger partial charge in [-0.2, -0.15) is 0 Å². The molecular formula is C27H25N3O4. The molecule has 0 bridgehead atoms. The number of aromatic hydroxyl groups is 1. The first kappa shape index (κ1) is 21.6. The second-order valence-electron chi connectivity index (χ2n) is 8.42. The first-order chi connectivity index (χ1) is 16.6. The Kier molecular flexibility index (Phi) is 5.91. The second-order valence-corrected chi connectivity index (χ2v) is 8.42. The van der Waals surface area contributed by atoms with Crippen LogP contribution in [0.25, 0.3) is 10.8 Å². The Morgan fingerprint density at radius 2 is 1.79 bits per heavy atom. The highest BCUT2D eigenvalue weighted by molar-refractivity contribution is 6.03. The summed E-state index contributed by atoms with van der Waals surface area (Å²) in [6.07, 6.45) is 1.90. The van der Waals surface area contributed by atoms with Crippen LogP contribution in [0.4, 0.5) is 4.79 Å². The van der Waals surface area contributed by atoms with E-state index in [0.717, 1.165) is 16.6 Å². The van der Waals surface area contributed by atoms with Crippen molar-refractivity contribution in [1.82, 2.24) is 15.2 Å². The number of phenolic OH excluding ortho intramolecular Hbond substituents is 1. The maximum atomic E-state index is 13.0. The topological polar surface area (TPSA) is 94.7 Å². The SMILES string of the molecule is O=C(N[C@H]1C[C@@H](c2ccc[nH]2)N(C(=O)OCc2ccccc2)C1)c1ccc2ccccc2c1O. The van der Waals surface area contributed by atoms with E-state index in [-0.39, 0.29) is 35.9 Å². The summed E-state index contributed by atoms with van der Waals surface area (Å²) in [5.74, 6) is -0.424. The molecule has 1 saturated heterocycles. The third-order valence-electron chi connectivity index (χ3n) is 6.20. The van der Waals surface area contributed by atoms with Crippen LogP contribution in [0.3, 0.4) is 0 Å². The van der Waals surface area contributed by atoms with Crippen LogP contribution in [0, 0.1) is 0 Å². The molecule has 2 atom stereocenters. The summed E-state index contributed by atoms with van der Waals surface area (Å²) in [6, 6.07) is 23.6. The first-order valence-electron chi connectivity index (χ1n) is 11.2. The van der Waals surface area contributed by atoms with E-state index in [9.17, 15) is 14.7 Å². The molecule has 0 radical (unpaired) electrons. The van der Waals surface area contributed by atoms with Crippen LogP contribution in [0.2, 0.25) is 0 Å². The van der Waals surface area contributed by atoms with Crippen molar-refractivity contribution in [3.05, 3.63) is 102 Å². The number of likely N-dealkylation sites (tertiary alicyclic amines) is 1. The summed E-state index contributed by atoms with van der Waals surface area (Å²) in [5, 5.41) is 15.1. The lowest BCUT2D eigenvalue weighted by Gasteiger charge is -2.23. The van der Waals surface area contributed by atoms with E-state index in [2.05, 4.69) is 10.3 Å². The van der Waals surface area contributed by atoms with Crippen molar-refractivity contribution in [2.45, 2.75) is 25.1 Å². The second kappa shape index (κ2) is 9.31. The number of hydrogen-bond acceptors (Lipinski definition) is 4. The number of nitrogens with one attached hydrogen (secondary N) is 2. The van der Waals surface area contributed by atoms with E-state index in [1.165, 1.54) is 0 Å². The number of hydrogen-bond donors (Lipinski definition) is 3. The molecule has 4 aromatic rings. The number of H-pyrrole nitrogens is 1. The highest BCUT2D eigenvalue weighted by atomic mass is 16.6. The van der Waals surface area contributed by atoms with Crippen molar-refractivity contribution < 1.29 is 19.4 Å². The summed E-state index contributed by atoms with van der Waals surface area (Å²) in [5.41, 5.74) is 1.99. The van der Waals surface area contributed by atoms with Gasteiger partial charge in [-0.05, 0) is 35.6 Å². The molecular weight excluding hydrogens is 430 g/mol. The van der Waals surface area contributed by atoms with Crippen molar-refractivity contribution in [2.24, 2.45) is 0 Å². The molecule has 7 heteroatoms. The summed E-state index contributed by atoms with van der Waals surface area (Å²) in [6.45, 7) is 0.479. The molecule has 0 saturated carbocycles. The van der Waals surface area contributed by atoms with Gasteiger partial charge in [0.2, 0.25) is 0 Å². The number of aromatic amines is 1. The van der Waals surface area contributed by atoms with Gasteiger partial charge in [0.25, 0.3) is 5.91 Å². The van der Waals surface area contributed by atoms with Crippen LogP contribution in [-0.2, 0) is 11.3 Å². The van der Waals surface area contributed by atoms with Gasteiger partial charge < -0.3 is 20.1 Å². The minimum absolute atomic E-state index is 0.0476. The molecule has 5 rings (SSSR count). The molecule has 0 spiro atoms.